The second-order valence-corrected chi connectivity index (χ2v) is 5.74. The highest BCUT2D eigenvalue weighted by Crippen LogP contribution is 2.35. The highest BCUT2D eigenvalue weighted by Gasteiger charge is 2.15. The Bertz CT molecular complexity index is 904. The number of ether oxygens (including phenoxy) is 3. The van der Waals surface area contributed by atoms with E-state index in [2.05, 4.69) is 5.32 Å². The van der Waals surface area contributed by atoms with Gasteiger partial charge in [-0.3, -0.25) is 4.79 Å². The number of hydrogen-bond acceptors (Lipinski definition) is 5. The van der Waals surface area contributed by atoms with Gasteiger partial charge in [-0.25, -0.2) is 0 Å². The molecule has 6 heteroatoms. The first-order chi connectivity index (χ1) is 12.8. The normalized spacial score (nSPS) is 12.0. The Hall–Kier alpha value is -3.41. The van der Waals surface area contributed by atoms with Crippen LogP contribution in [-0.4, -0.2) is 12.7 Å². The van der Waals surface area contributed by atoms with Gasteiger partial charge in [0.05, 0.1) is 0 Å². The first-order valence-electron chi connectivity index (χ1n) is 8.21. The first kappa shape index (κ1) is 16.1. The fraction of sp³-hybridized carbons (Fsp3) is 0.150. The molecule has 1 amide bonds. The number of nitrogens with one attached hydrogen (secondary N) is 1. The van der Waals surface area contributed by atoms with Crippen molar-refractivity contribution in [1.82, 2.24) is 5.32 Å². The minimum absolute atomic E-state index is 0.214. The molecule has 0 saturated heterocycles. The Morgan fingerprint density at radius 1 is 1.00 bits per heavy atom. The van der Waals surface area contributed by atoms with Gasteiger partial charge in [-0.2, -0.15) is 0 Å². The van der Waals surface area contributed by atoms with Crippen molar-refractivity contribution in [2.75, 3.05) is 6.79 Å². The van der Waals surface area contributed by atoms with Crippen molar-refractivity contribution in [1.29, 1.82) is 0 Å². The average Bonchev–Trinajstić information content (AvgIpc) is 3.34. The van der Waals surface area contributed by atoms with Gasteiger partial charge in [0.1, 0.15) is 18.1 Å². The monoisotopic (exact) mass is 351 g/mol. The second kappa shape index (κ2) is 7.23. The van der Waals surface area contributed by atoms with E-state index in [0.717, 1.165) is 5.56 Å². The third-order valence-corrected chi connectivity index (χ3v) is 3.91. The third kappa shape index (κ3) is 3.64. The van der Waals surface area contributed by atoms with Crippen LogP contribution in [0, 0.1) is 0 Å². The second-order valence-electron chi connectivity index (χ2n) is 5.74. The molecule has 0 fully saturated rings. The molecular formula is C20H17NO5. The summed E-state index contributed by atoms with van der Waals surface area (Å²) in [5, 5.41) is 2.83. The van der Waals surface area contributed by atoms with Crippen LogP contribution in [0.15, 0.2) is 65.1 Å². The number of benzene rings is 2. The van der Waals surface area contributed by atoms with Crippen LogP contribution in [0.5, 0.6) is 17.2 Å². The molecule has 3 aromatic rings. The maximum absolute atomic E-state index is 12.2. The van der Waals surface area contributed by atoms with Gasteiger partial charge < -0.3 is 23.9 Å². The molecule has 1 aliphatic heterocycles. The van der Waals surface area contributed by atoms with Crippen LogP contribution in [-0.2, 0) is 13.2 Å². The predicted molar refractivity (Wildman–Crippen MR) is 93.2 cm³/mol. The van der Waals surface area contributed by atoms with E-state index in [4.69, 9.17) is 18.6 Å². The van der Waals surface area contributed by atoms with Gasteiger partial charge in [-0.15, -0.1) is 0 Å². The van der Waals surface area contributed by atoms with Crippen LogP contribution in [0.1, 0.15) is 21.9 Å². The van der Waals surface area contributed by atoms with Gasteiger partial charge in [0, 0.05) is 12.6 Å². The number of hydrogen-bond donors (Lipinski definition) is 1. The van der Waals surface area contributed by atoms with Gasteiger partial charge in [0.15, 0.2) is 17.3 Å². The Morgan fingerprint density at radius 2 is 1.85 bits per heavy atom. The van der Waals surface area contributed by atoms with Crippen LogP contribution < -0.4 is 19.5 Å². The van der Waals surface area contributed by atoms with E-state index < -0.39 is 0 Å². The molecule has 26 heavy (non-hydrogen) atoms. The van der Waals surface area contributed by atoms with Crippen molar-refractivity contribution in [3.63, 3.8) is 0 Å². The maximum atomic E-state index is 12.2. The van der Waals surface area contributed by atoms with Crippen molar-refractivity contribution in [3.05, 3.63) is 77.7 Å². The van der Waals surface area contributed by atoms with Gasteiger partial charge in [0.25, 0.3) is 5.91 Å². The summed E-state index contributed by atoms with van der Waals surface area (Å²) in [6, 6.07) is 18.4. The van der Waals surface area contributed by atoms with Crippen LogP contribution in [0.4, 0.5) is 0 Å². The van der Waals surface area contributed by atoms with Crippen LogP contribution in [0.25, 0.3) is 0 Å². The molecule has 1 aliphatic rings. The molecular weight excluding hydrogens is 334 g/mol. The molecule has 0 radical (unpaired) electrons. The van der Waals surface area contributed by atoms with E-state index in [0.29, 0.717) is 29.6 Å². The zero-order valence-electron chi connectivity index (χ0n) is 13.9. The molecule has 132 valence electrons. The van der Waals surface area contributed by atoms with E-state index in [1.54, 1.807) is 30.3 Å². The zero-order valence-corrected chi connectivity index (χ0v) is 13.9. The molecule has 0 unspecified atom stereocenters. The highest BCUT2D eigenvalue weighted by molar-refractivity contribution is 5.91. The molecule has 1 aromatic heterocycles. The molecule has 1 N–H and O–H groups in total. The van der Waals surface area contributed by atoms with Gasteiger partial charge in [-0.1, -0.05) is 30.3 Å². The molecule has 0 saturated carbocycles. The van der Waals surface area contributed by atoms with Crippen molar-refractivity contribution < 1.29 is 23.4 Å². The fourth-order valence-corrected chi connectivity index (χ4v) is 2.56. The van der Waals surface area contributed by atoms with Crippen molar-refractivity contribution in [2.24, 2.45) is 0 Å². The molecule has 0 aliphatic carbocycles. The van der Waals surface area contributed by atoms with E-state index in [-0.39, 0.29) is 25.1 Å². The van der Waals surface area contributed by atoms with E-state index in [1.165, 1.54) is 0 Å². The Balaban J connectivity index is 1.32. The van der Waals surface area contributed by atoms with Crippen LogP contribution >= 0.6 is 0 Å². The Morgan fingerprint density at radius 3 is 2.73 bits per heavy atom. The summed E-state index contributed by atoms with van der Waals surface area (Å²) in [5.74, 6) is 2.55. The Kier molecular flexibility index (Phi) is 4.47. The summed E-state index contributed by atoms with van der Waals surface area (Å²) in [4.78, 5) is 12.2. The minimum Gasteiger partial charge on any atom is -0.486 e. The molecule has 0 spiro atoms. The number of furan rings is 1. The quantitative estimate of drug-likeness (QED) is 0.736. The lowest BCUT2D eigenvalue weighted by Crippen LogP contribution is -2.22. The number of rotatable bonds is 6. The van der Waals surface area contributed by atoms with E-state index >= 15 is 0 Å². The summed E-state index contributed by atoms with van der Waals surface area (Å²) in [6.07, 6.45) is 0. The SMILES string of the molecule is O=C(NCc1ccccc1)c1ccc(COc2ccc3c(c2)OCO3)o1. The van der Waals surface area contributed by atoms with Gasteiger partial charge >= 0.3 is 0 Å². The molecule has 2 aromatic carbocycles. The number of carbonyl (C=O) groups excluding carboxylic acids is 1. The summed E-state index contributed by atoms with van der Waals surface area (Å²) in [5.41, 5.74) is 1.03. The van der Waals surface area contributed by atoms with E-state index in [9.17, 15) is 4.79 Å². The topological polar surface area (TPSA) is 69.9 Å². The highest BCUT2D eigenvalue weighted by atomic mass is 16.7. The zero-order chi connectivity index (χ0) is 17.8. The predicted octanol–water partition coefficient (Wildman–Crippen LogP) is 3.52. The number of carbonyl (C=O) groups is 1. The number of amides is 1. The minimum atomic E-state index is -0.261. The molecule has 0 atom stereocenters. The third-order valence-electron chi connectivity index (χ3n) is 3.91. The number of fused-ring (bicyclic) bond motifs is 1. The fourth-order valence-electron chi connectivity index (χ4n) is 2.56. The largest absolute Gasteiger partial charge is 0.486 e. The molecule has 2 heterocycles. The Labute approximate surface area is 150 Å². The summed E-state index contributed by atoms with van der Waals surface area (Å²) < 4.78 is 21.8. The van der Waals surface area contributed by atoms with Gasteiger partial charge in [-0.05, 0) is 29.8 Å². The first-order valence-corrected chi connectivity index (χ1v) is 8.21. The molecule has 0 bridgehead atoms. The van der Waals surface area contributed by atoms with Crippen molar-refractivity contribution in [3.8, 4) is 17.2 Å². The van der Waals surface area contributed by atoms with E-state index in [1.807, 2.05) is 30.3 Å². The van der Waals surface area contributed by atoms with Crippen LogP contribution in [0.3, 0.4) is 0 Å². The lowest BCUT2D eigenvalue weighted by Gasteiger charge is -2.05. The van der Waals surface area contributed by atoms with Crippen molar-refractivity contribution >= 4 is 5.91 Å². The summed E-state index contributed by atoms with van der Waals surface area (Å²) >= 11 is 0. The lowest BCUT2D eigenvalue weighted by molar-refractivity contribution is 0.0919. The summed E-state index contributed by atoms with van der Waals surface area (Å²) in [7, 11) is 0. The average molecular weight is 351 g/mol. The maximum Gasteiger partial charge on any atom is 0.287 e. The van der Waals surface area contributed by atoms with Crippen LogP contribution in [0.2, 0.25) is 0 Å². The molecule has 4 rings (SSSR count). The smallest absolute Gasteiger partial charge is 0.287 e. The van der Waals surface area contributed by atoms with Crippen molar-refractivity contribution in [2.45, 2.75) is 13.2 Å². The summed E-state index contributed by atoms with van der Waals surface area (Å²) in [6.45, 7) is 0.882. The van der Waals surface area contributed by atoms with Gasteiger partial charge in [0.2, 0.25) is 6.79 Å². The molecule has 6 nitrogen and oxygen atoms in total. The standard InChI is InChI=1S/C20H17NO5/c22-20(21-11-14-4-2-1-3-5-14)18-9-7-16(26-18)12-23-15-6-8-17-19(10-15)25-13-24-17/h1-10H,11-13H2,(H,21,22). The lowest BCUT2D eigenvalue weighted by atomic mass is 10.2.